The highest BCUT2D eigenvalue weighted by molar-refractivity contribution is 6.45. The molecular weight excluding hydrogens is 354 g/mol. The van der Waals surface area contributed by atoms with Crippen molar-refractivity contribution in [3.8, 4) is 0 Å². The molecule has 1 atom stereocenters. The lowest BCUT2D eigenvalue weighted by Gasteiger charge is -2.18. The Balaban J connectivity index is 1.47. The summed E-state index contributed by atoms with van der Waals surface area (Å²) in [5.41, 5.74) is 4.21. The molecule has 2 N–H and O–H groups in total. The van der Waals surface area contributed by atoms with E-state index in [1.807, 2.05) is 50.2 Å². The molecule has 28 heavy (non-hydrogen) atoms. The summed E-state index contributed by atoms with van der Waals surface area (Å²) in [5.74, 6) is -1.35. The van der Waals surface area contributed by atoms with E-state index in [-0.39, 0.29) is 12.3 Å². The summed E-state index contributed by atoms with van der Waals surface area (Å²) in [4.78, 5) is 42.2. The zero-order valence-corrected chi connectivity index (χ0v) is 15.8. The van der Waals surface area contributed by atoms with Gasteiger partial charge in [0.1, 0.15) is 0 Å². The van der Waals surface area contributed by atoms with Gasteiger partial charge in [-0.15, -0.1) is 0 Å². The van der Waals surface area contributed by atoms with Crippen molar-refractivity contribution in [2.45, 2.75) is 26.3 Å². The van der Waals surface area contributed by atoms with Crippen LogP contribution in [0.5, 0.6) is 0 Å². The summed E-state index contributed by atoms with van der Waals surface area (Å²) in [6, 6.07) is 12.8. The lowest BCUT2D eigenvalue weighted by Crippen LogP contribution is -2.40. The first kappa shape index (κ1) is 18.0. The second kappa shape index (κ2) is 6.96. The number of fused-ring (bicyclic) bond motifs is 1. The van der Waals surface area contributed by atoms with Crippen LogP contribution in [0.15, 0.2) is 48.7 Å². The smallest absolute Gasteiger partial charge is 0.292 e. The number of nitrogens with one attached hydrogen (secondary N) is 2. The van der Waals surface area contributed by atoms with Crippen LogP contribution in [0.2, 0.25) is 0 Å². The third kappa shape index (κ3) is 3.17. The Morgan fingerprint density at radius 2 is 1.89 bits per heavy atom. The summed E-state index contributed by atoms with van der Waals surface area (Å²) < 4.78 is 0. The molecule has 1 fully saturated rings. The molecule has 6 nitrogen and oxygen atoms in total. The standard InChI is InChI=1S/C22H21N3O3/c1-13-7-8-16(9-14(13)2)25-12-15(10-20(25)26)24-22(28)21(27)18-11-23-19-6-4-3-5-17(18)19/h3-9,11,15,23H,10,12H2,1-2H3,(H,24,28)/t15-/m0/s1. The third-order valence-corrected chi connectivity index (χ3v) is 5.30. The molecule has 2 amide bonds. The molecule has 0 bridgehead atoms. The number of carbonyl (C=O) groups excluding carboxylic acids is 3. The molecule has 2 heterocycles. The minimum Gasteiger partial charge on any atom is -0.360 e. The largest absolute Gasteiger partial charge is 0.360 e. The number of anilines is 1. The normalized spacial score (nSPS) is 16.6. The molecule has 4 rings (SSSR count). The third-order valence-electron chi connectivity index (χ3n) is 5.30. The van der Waals surface area contributed by atoms with Gasteiger partial charge in [-0.05, 0) is 43.2 Å². The summed E-state index contributed by atoms with van der Waals surface area (Å²) >= 11 is 0. The Morgan fingerprint density at radius 1 is 1.11 bits per heavy atom. The number of carbonyl (C=O) groups is 3. The number of para-hydroxylation sites is 1. The molecule has 142 valence electrons. The Morgan fingerprint density at radius 3 is 2.68 bits per heavy atom. The van der Waals surface area contributed by atoms with E-state index in [2.05, 4.69) is 10.3 Å². The van der Waals surface area contributed by atoms with Crippen LogP contribution in [0.1, 0.15) is 27.9 Å². The average molecular weight is 375 g/mol. The number of hydrogen-bond donors (Lipinski definition) is 2. The van der Waals surface area contributed by atoms with Gasteiger partial charge in [-0.2, -0.15) is 0 Å². The highest BCUT2D eigenvalue weighted by Crippen LogP contribution is 2.24. The fourth-order valence-corrected chi connectivity index (χ4v) is 3.58. The van der Waals surface area contributed by atoms with Gasteiger partial charge in [-0.3, -0.25) is 14.4 Å². The van der Waals surface area contributed by atoms with Crippen LogP contribution in [-0.4, -0.2) is 35.2 Å². The van der Waals surface area contributed by atoms with E-state index in [0.717, 1.165) is 22.3 Å². The lowest BCUT2D eigenvalue weighted by molar-refractivity contribution is -0.118. The number of aromatic amines is 1. The van der Waals surface area contributed by atoms with Crippen molar-refractivity contribution in [1.82, 2.24) is 10.3 Å². The Labute approximate surface area is 162 Å². The quantitative estimate of drug-likeness (QED) is 0.543. The van der Waals surface area contributed by atoms with Crippen molar-refractivity contribution >= 4 is 34.2 Å². The summed E-state index contributed by atoms with van der Waals surface area (Å²) in [6.07, 6.45) is 1.73. The van der Waals surface area contributed by atoms with Gasteiger partial charge in [0.05, 0.1) is 11.6 Å². The number of Topliss-reactive ketones (excluding diaryl/α,β-unsaturated/α-hetero) is 1. The molecule has 1 aliphatic heterocycles. The van der Waals surface area contributed by atoms with E-state index in [1.165, 1.54) is 0 Å². The zero-order valence-electron chi connectivity index (χ0n) is 15.8. The number of nitrogens with zero attached hydrogens (tertiary/aromatic N) is 1. The summed E-state index contributed by atoms with van der Waals surface area (Å²) in [5, 5.41) is 3.43. The number of ketones is 1. The van der Waals surface area contributed by atoms with E-state index in [9.17, 15) is 14.4 Å². The number of H-pyrrole nitrogens is 1. The Bertz CT molecular complexity index is 1100. The van der Waals surface area contributed by atoms with Gasteiger partial charge in [0.15, 0.2) is 0 Å². The van der Waals surface area contributed by atoms with Gasteiger partial charge in [-0.25, -0.2) is 0 Å². The minimum atomic E-state index is -0.690. The SMILES string of the molecule is Cc1ccc(N2C[C@@H](NC(=O)C(=O)c3c[nH]c4ccccc34)CC2=O)cc1C. The van der Waals surface area contributed by atoms with Crippen LogP contribution in [0.4, 0.5) is 5.69 Å². The molecule has 0 aliphatic carbocycles. The van der Waals surface area contributed by atoms with E-state index < -0.39 is 17.7 Å². The van der Waals surface area contributed by atoms with Crippen molar-refractivity contribution in [3.63, 3.8) is 0 Å². The van der Waals surface area contributed by atoms with Crippen LogP contribution in [0.3, 0.4) is 0 Å². The maximum Gasteiger partial charge on any atom is 0.292 e. The second-order valence-corrected chi connectivity index (χ2v) is 7.22. The summed E-state index contributed by atoms with van der Waals surface area (Å²) in [7, 11) is 0. The van der Waals surface area contributed by atoms with Crippen LogP contribution in [0.25, 0.3) is 10.9 Å². The van der Waals surface area contributed by atoms with Crippen molar-refractivity contribution in [2.75, 3.05) is 11.4 Å². The van der Waals surface area contributed by atoms with E-state index >= 15 is 0 Å². The monoisotopic (exact) mass is 375 g/mol. The zero-order chi connectivity index (χ0) is 19.8. The van der Waals surface area contributed by atoms with Gasteiger partial charge in [0.2, 0.25) is 5.91 Å². The van der Waals surface area contributed by atoms with E-state index in [4.69, 9.17) is 0 Å². The molecule has 0 spiro atoms. The Hall–Kier alpha value is -3.41. The fraction of sp³-hybridized carbons (Fsp3) is 0.227. The molecule has 2 aromatic carbocycles. The predicted octanol–water partition coefficient (Wildman–Crippen LogP) is 2.89. The highest BCUT2D eigenvalue weighted by atomic mass is 16.2. The highest BCUT2D eigenvalue weighted by Gasteiger charge is 2.33. The second-order valence-electron chi connectivity index (χ2n) is 7.22. The predicted molar refractivity (Wildman–Crippen MR) is 107 cm³/mol. The maximum absolute atomic E-state index is 12.6. The van der Waals surface area contributed by atoms with Gasteiger partial charge in [-0.1, -0.05) is 24.3 Å². The lowest BCUT2D eigenvalue weighted by atomic mass is 10.1. The topological polar surface area (TPSA) is 82.3 Å². The molecular formula is C22H21N3O3. The van der Waals surface area contributed by atoms with Gasteiger partial charge >= 0.3 is 0 Å². The van der Waals surface area contributed by atoms with E-state index in [1.54, 1.807) is 17.2 Å². The van der Waals surface area contributed by atoms with Crippen molar-refractivity contribution in [2.24, 2.45) is 0 Å². The fourth-order valence-electron chi connectivity index (χ4n) is 3.58. The number of benzene rings is 2. The van der Waals surface area contributed by atoms with Gasteiger partial charge < -0.3 is 15.2 Å². The van der Waals surface area contributed by atoms with Crippen molar-refractivity contribution in [1.29, 1.82) is 0 Å². The van der Waals surface area contributed by atoms with Crippen LogP contribution in [-0.2, 0) is 9.59 Å². The number of rotatable bonds is 4. The van der Waals surface area contributed by atoms with Gasteiger partial charge in [0, 0.05) is 35.8 Å². The average Bonchev–Trinajstić information content (AvgIpc) is 3.27. The van der Waals surface area contributed by atoms with Crippen molar-refractivity contribution < 1.29 is 14.4 Å². The molecule has 1 aromatic heterocycles. The first-order chi connectivity index (χ1) is 13.4. The minimum absolute atomic E-state index is 0.0619. The first-order valence-electron chi connectivity index (χ1n) is 9.23. The molecule has 1 aliphatic rings. The van der Waals surface area contributed by atoms with E-state index in [0.29, 0.717) is 17.5 Å². The number of hydrogen-bond acceptors (Lipinski definition) is 3. The Kier molecular flexibility index (Phi) is 4.47. The van der Waals surface area contributed by atoms with Crippen molar-refractivity contribution in [3.05, 3.63) is 65.4 Å². The molecule has 1 saturated heterocycles. The number of aryl methyl sites for hydroxylation is 2. The van der Waals surface area contributed by atoms with Crippen LogP contribution < -0.4 is 10.2 Å². The molecule has 0 saturated carbocycles. The molecule has 3 aromatic rings. The van der Waals surface area contributed by atoms with Crippen LogP contribution in [0, 0.1) is 13.8 Å². The maximum atomic E-state index is 12.6. The first-order valence-corrected chi connectivity index (χ1v) is 9.23. The van der Waals surface area contributed by atoms with Gasteiger partial charge in [0.25, 0.3) is 11.7 Å². The molecule has 0 unspecified atom stereocenters. The number of aromatic nitrogens is 1. The number of amides is 2. The summed E-state index contributed by atoms with van der Waals surface area (Å²) in [6.45, 7) is 4.37. The molecule has 0 radical (unpaired) electrons. The van der Waals surface area contributed by atoms with Crippen LogP contribution >= 0.6 is 0 Å². The molecule has 6 heteroatoms.